The van der Waals surface area contributed by atoms with E-state index in [1.54, 1.807) is 24.5 Å². The van der Waals surface area contributed by atoms with Gasteiger partial charge in [0, 0.05) is 18.8 Å². The summed E-state index contributed by atoms with van der Waals surface area (Å²) in [6, 6.07) is 12.9. The fraction of sp³-hybridized carbons (Fsp3) is 0.321. The van der Waals surface area contributed by atoms with Crippen LogP contribution in [-0.2, 0) is 9.53 Å². The van der Waals surface area contributed by atoms with Gasteiger partial charge in [-0.05, 0) is 69.2 Å². The molecule has 0 fully saturated rings. The second kappa shape index (κ2) is 10.3. The average Bonchev–Trinajstić information content (AvgIpc) is 3.48. The first-order valence-electron chi connectivity index (χ1n) is 12.4. The summed E-state index contributed by atoms with van der Waals surface area (Å²) in [5.74, 6) is 0.709. The zero-order valence-electron chi connectivity index (χ0n) is 21.3. The topological polar surface area (TPSA) is 82.4 Å². The lowest BCUT2D eigenvalue weighted by molar-refractivity contribution is -0.139. The van der Waals surface area contributed by atoms with Crippen molar-refractivity contribution in [2.24, 2.45) is 4.99 Å². The van der Waals surface area contributed by atoms with Crippen molar-refractivity contribution in [3.63, 3.8) is 0 Å². The summed E-state index contributed by atoms with van der Waals surface area (Å²) in [7, 11) is 0. The van der Waals surface area contributed by atoms with Crippen molar-refractivity contribution in [2.75, 3.05) is 31.4 Å². The highest BCUT2D eigenvalue weighted by Gasteiger charge is 2.34. The molecular weight excluding hydrogens is 490 g/mol. The molecule has 2 aliphatic heterocycles. The molecule has 3 heterocycles. The maximum absolute atomic E-state index is 13.8. The Labute approximate surface area is 218 Å². The average molecular weight is 520 g/mol. The van der Waals surface area contributed by atoms with Crippen LogP contribution >= 0.6 is 11.3 Å². The fourth-order valence-corrected chi connectivity index (χ4v) is 5.76. The zero-order valence-corrected chi connectivity index (χ0v) is 22.1. The molecule has 2 aromatic carbocycles. The molecule has 1 unspecified atom stereocenters. The monoisotopic (exact) mass is 519 g/mol. The summed E-state index contributed by atoms with van der Waals surface area (Å²) in [6.07, 6.45) is 1.87. The molecule has 37 heavy (non-hydrogen) atoms. The fourth-order valence-electron chi connectivity index (χ4n) is 4.71. The van der Waals surface area contributed by atoms with Gasteiger partial charge in [0.25, 0.3) is 5.56 Å². The maximum Gasteiger partial charge on any atom is 0.338 e. The van der Waals surface area contributed by atoms with Gasteiger partial charge in [0.15, 0.2) is 16.3 Å². The van der Waals surface area contributed by atoms with E-state index in [1.807, 2.05) is 30.3 Å². The predicted molar refractivity (Wildman–Crippen MR) is 143 cm³/mol. The molecule has 9 heteroatoms. The van der Waals surface area contributed by atoms with Crippen LogP contribution in [-0.4, -0.2) is 37.0 Å². The minimum Gasteiger partial charge on any atom is -0.463 e. The quantitative estimate of drug-likeness (QED) is 0.445. The van der Waals surface area contributed by atoms with Gasteiger partial charge < -0.3 is 19.1 Å². The third-order valence-electron chi connectivity index (χ3n) is 6.55. The number of rotatable bonds is 7. The minimum atomic E-state index is -0.697. The van der Waals surface area contributed by atoms with E-state index in [-0.39, 0.29) is 19.0 Å². The van der Waals surface area contributed by atoms with Gasteiger partial charge in [0.1, 0.15) is 0 Å². The Kier molecular flexibility index (Phi) is 6.88. The first-order valence-corrected chi connectivity index (χ1v) is 13.2. The van der Waals surface area contributed by atoms with Crippen molar-refractivity contribution in [3.8, 4) is 11.5 Å². The van der Waals surface area contributed by atoms with Gasteiger partial charge in [-0.25, -0.2) is 9.79 Å². The summed E-state index contributed by atoms with van der Waals surface area (Å²) < 4.78 is 18.5. The van der Waals surface area contributed by atoms with E-state index >= 15 is 0 Å². The Bertz CT molecular complexity index is 1550. The molecule has 0 bridgehead atoms. The smallest absolute Gasteiger partial charge is 0.338 e. The largest absolute Gasteiger partial charge is 0.463 e. The van der Waals surface area contributed by atoms with Crippen LogP contribution in [0.2, 0.25) is 0 Å². The molecule has 0 aliphatic carbocycles. The number of aromatic nitrogens is 1. The number of hydrogen-bond donors (Lipinski definition) is 0. The number of carbonyl (C=O) groups excluding carboxylic acids is 1. The Morgan fingerprint density at radius 2 is 1.86 bits per heavy atom. The van der Waals surface area contributed by atoms with E-state index in [2.05, 4.69) is 35.9 Å². The molecule has 1 aromatic heterocycles. The van der Waals surface area contributed by atoms with Crippen molar-refractivity contribution in [2.45, 2.75) is 33.7 Å². The number of ether oxygens (including phenoxy) is 3. The first kappa shape index (κ1) is 24.8. The SMILES string of the molecule is CCOC(=O)C1=C(C)N=c2s/c(=C\c3ccc(N(CC)CC)cc3)c(=O)n2C1c1ccc2c(c1)OCO2. The number of fused-ring (bicyclic) bond motifs is 2. The predicted octanol–water partition coefficient (Wildman–Crippen LogP) is 3.37. The van der Waals surface area contributed by atoms with Crippen molar-refractivity contribution in [1.29, 1.82) is 0 Å². The van der Waals surface area contributed by atoms with Crippen molar-refractivity contribution in [3.05, 3.63) is 84.5 Å². The summed E-state index contributed by atoms with van der Waals surface area (Å²) in [5.41, 5.74) is 3.43. The summed E-state index contributed by atoms with van der Waals surface area (Å²) in [6.45, 7) is 9.99. The third-order valence-corrected chi connectivity index (χ3v) is 7.53. The summed E-state index contributed by atoms with van der Waals surface area (Å²) in [5, 5.41) is 0. The van der Waals surface area contributed by atoms with Gasteiger partial charge in [-0.15, -0.1) is 0 Å². The molecule has 5 rings (SSSR count). The molecule has 0 N–H and O–H groups in total. The number of benzene rings is 2. The van der Waals surface area contributed by atoms with Crippen LogP contribution in [0, 0.1) is 0 Å². The molecule has 2 aliphatic rings. The molecule has 192 valence electrons. The zero-order chi connectivity index (χ0) is 26.1. The summed E-state index contributed by atoms with van der Waals surface area (Å²) in [4.78, 5) is 34.3. The van der Waals surface area contributed by atoms with E-state index in [1.165, 1.54) is 11.3 Å². The molecular formula is C28H29N3O5S. The maximum atomic E-state index is 13.8. The van der Waals surface area contributed by atoms with Gasteiger partial charge in [-0.1, -0.05) is 29.5 Å². The Hall–Kier alpha value is -3.85. The molecule has 0 saturated heterocycles. The number of esters is 1. The minimum absolute atomic E-state index is 0.133. The molecule has 3 aromatic rings. The first-order chi connectivity index (χ1) is 17.9. The van der Waals surface area contributed by atoms with E-state index in [9.17, 15) is 9.59 Å². The molecule has 0 saturated carbocycles. The van der Waals surface area contributed by atoms with Crippen LogP contribution in [0.4, 0.5) is 5.69 Å². The number of carbonyl (C=O) groups is 1. The Morgan fingerprint density at radius 3 is 2.57 bits per heavy atom. The van der Waals surface area contributed by atoms with Gasteiger partial charge in [-0.2, -0.15) is 0 Å². The number of allylic oxidation sites excluding steroid dienone is 1. The number of anilines is 1. The van der Waals surface area contributed by atoms with Crippen molar-refractivity contribution >= 4 is 29.1 Å². The highest BCUT2D eigenvalue weighted by Crippen LogP contribution is 2.38. The lowest BCUT2D eigenvalue weighted by atomic mass is 9.95. The highest BCUT2D eigenvalue weighted by atomic mass is 32.1. The van der Waals surface area contributed by atoms with Crippen LogP contribution < -0.4 is 29.3 Å². The van der Waals surface area contributed by atoms with Crippen LogP contribution in [0.3, 0.4) is 0 Å². The van der Waals surface area contributed by atoms with E-state index in [4.69, 9.17) is 14.2 Å². The number of hydrogen-bond acceptors (Lipinski definition) is 8. The molecule has 0 radical (unpaired) electrons. The molecule has 0 spiro atoms. The molecule has 0 amide bonds. The lowest BCUT2D eigenvalue weighted by Crippen LogP contribution is -2.39. The van der Waals surface area contributed by atoms with E-state index in [0.717, 1.165) is 29.9 Å². The van der Waals surface area contributed by atoms with E-state index in [0.29, 0.717) is 32.1 Å². The summed E-state index contributed by atoms with van der Waals surface area (Å²) >= 11 is 1.31. The van der Waals surface area contributed by atoms with Gasteiger partial charge >= 0.3 is 5.97 Å². The van der Waals surface area contributed by atoms with Gasteiger partial charge in [-0.3, -0.25) is 9.36 Å². The Morgan fingerprint density at radius 1 is 1.14 bits per heavy atom. The van der Waals surface area contributed by atoms with E-state index < -0.39 is 12.0 Å². The van der Waals surface area contributed by atoms with Crippen LogP contribution in [0.25, 0.3) is 6.08 Å². The number of nitrogens with zero attached hydrogens (tertiary/aromatic N) is 3. The van der Waals surface area contributed by atoms with Crippen molar-refractivity contribution < 1.29 is 19.0 Å². The standard InChI is InChI=1S/C28H29N3O5S/c1-5-30(6-2)20-11-8-18(9-12-20)14-23-26(32)31-25(19-10-13-21-22(15-19)36-16-35-21)24(27(33)34-7-3)17(4)29-28(31)37-23/h8-15,25H,5-7,16H2,1-4H3/b23-14-. The molecule has 8 nitrogen and oxygen atoms in total. The lowest BCUT2D eigenvalue weighted by Gasteiger charge is -2.24. The third kappa shape index (κ3) is 4.55. The highest BCUT2D eigenvalue weighted by molar-refractivity contribution is 7.07. The normalized spacial score (nSPS) is 16.4. The Balaban J connectivity index is 1.63. The molecule has 1 atom stereocenters. The van der Waals surface area contributed by atoms with Crippen LogP contribution in [0.15, 0.2) is 63.5 Å². The van der Waals surface area contributed by atoms with Crippen LogP contribution in [0.5, 0.6) is 11.5 Å². The van der Waals surface area contributed by atoms with Gasteiger partial charge in [0.2, 0.25) is 6.79 Å². The van der Waals surface area contributed by atoms with Gasteiger partial charge in [0.05, 0.1) is 28.5 Å². The second-order valence-corrected chi connectivity index (χ2v) is 9.69. The van der Waals surface area contributed by atoms with Crippen molar-refractivity contribution in [1.82, 2.24) is 4.57 Å². The number of thiazole rings is 1. The second-order valence-electron chi connectivity index (χ2n) is 8.68. The van der Waals surface area contributed by atoms with Crippen LogP contribution in [0.1, 0.15) is 44.9 Å².